The fraction of sp³-hybridized carbons (Fsp3) is 0.320. The van der Waals surface area contributed by atoms with Crippen LogP contribution in [-0.2, 0) is 18.3 Å². The van der Waals surface area contributed by atoms with Gasteiger partial charge >= 0.3 is 0 Å². The summed E-state index contributed by atoms with van der Waals surface area (Å²) in [7, 11) is 0. The van der Waals surface area contributed by atoms with Crippen LogP contribution in [0.15, 0.2) is 67.0 Å². The number of benzene rings is 2. The number of nitrogens with one attached hydrogen (secondary N) is 1. The third-order valence-corrected chi connectivity index (χ3v) is 6.61. The van der Waals surface area contributed by atoms with Crippen molar-refractivity contribution in [2.45, 2.75) is 44.1 Å². The summed E-state index contributed by atoms with van der Waals surface area (Å²) in [4.78, 5) is 4.29. The molecule has 2 nitrogen and oxygen atoms in total. The van der Waals surface area contributed by atoms with E-state index in [2.05, 4.69) is 65.8 Å². The second-order valence-electron chi connectivity index (χ2n) is 8.23. The molecule has 0 amide bonds. The van der Waals surface area contributed by atoms with Gasteiger partial charge in [0.25, 0.3) is 0 Å². The first kappa shape index (κ1) is 16.7. The SMILES string of the molecule is Cc1ccc(CC23CCNC2CCc2cc(-c4cccnc4)ccc23)cc1. The highest BCUT2D eigenvalue weighted by atomic mass is 15.0. The minimum absolute atomic E-state index is 0.232. The number of aryl methyl sites for hydroxylation is 2. The molecular weight excluding hydrogens is 328 g/mol. The maximum Gasteiger partial charge on any atom is 0.0346 e. The summed E-state index contributed by atoms with van der Waals surface area (Å²) >= 11 is 0. The van der Waals surface area contributed by atoms with E-state index in [0.717, 1.165) is 19.4 Å². The average molecular weight is 354 g/mol. The highest BCUT2D eigenvalue weighted by molar-refractivity contribution is 5.65. The molecule has 136 valence electrons. The lowest BCUT2D eigenvalue weighted by atomic mass is 9.64. The Balaban J connectivity index is 1.56. The van der Waals surface area contributed by atoms with Gasteiger partial charge in [-0.25, -0.2) is 0 Å². The predicted octanol–water partition coefficient (Wildman–Crippen LogP) is 4.85. The molecule has 1 fully saturated rings. The van der Waals surface area contributed by atoms with Gasteiger partial charge in [-0.3, -0.25) is 4.98 Å². The Morgan fingerprint density at radius 1 is 1.07 bits per heavy atom. The average Bonchev–Trinajstić information content (AvgIpc) is 3.14. The molecule has 0 spiro atoms. The lowest BCUT2D eigenvalue weighted by molar-refractivity contribution is 0.326. The standard InChI is InChI=1S/C25H26N2/c1-18-4-6-19(7-5-18)16-25-12-14-27-24(25)11-9-21-15-20(8-10-23(21)25)22-3-2-13-26-17-22/h2-8,10,13,15,17,24,27H,9,11-12,14,16H2,1H3. The lowest BCUT2D eigenvalue weighted by Crippen LogP contribution is -2.45. The number of pyridine rings is 1. The van der Waals surface area contributed by atoms with Gasteiger partial charge in [-0.1, -0.05) is 54.1 Å². The van der Waals surface area contributed by atoms with Crippen LogP contribution in [-0.4, -0.2) is 17.6 Å². The van der Waals surface area contributed by atoms with Crippen molar-refractivity contribution in [1.29, 1.82) is 0 Å². The van der Waals surface area contributed by atoms with Crippen LogP contribution in [0.2, 0.25) is 0 Å². The zero-order valence-corrected chi connectivity index (χ0v) is 15.9. The predicted molar refractivity (Wildman–Crippen MR) is 111 cm³/mol. The quantitative estimate of drug-likeness (QED) is 0.727. The van der Waals surface area contributed by atoms with Crippen LogP contribution in [0.3, 0.4) is 0 Å². The van der Waals surface area contributed by atoms with Crippen LogP contribution in [0.1, 0.15) is 35.1 Å². The zero-order chi connectivity index (χ0) is 18.3. The van der Waals surface area contributed by atoms with E-state index in [9.17, 15) is 0 Å². The number of aromatic nitrogens is 1. The van der Waals surface area contributed by atoms with E-state index in [1.807, 2.05) is 18.5 Å². The van der Waals surface area contributed by atoms with Gasteiger partial charge < -0.3 is 5.32 Å². The molecule has 2 aliphatic rings. The fourth-order valence-electron chi connectivity index (χ4n) is 5.22. The summed E-state index contributed by atoms with van der Waals surface area (Å²) in [6, 6.07) is 21.0. The van der Waals surface area contributed by atoms with Gasteiger partial charge in [-0.05, 0) is 73.0 Å². The van der Waals surface area contributed by atoms with E-state index in [1.165, 1.54) is 40.7 Å². The molecule has 1 aromatic heterocycles. The first-order chi connectivity index (χ1) is 13.2. The molecule has 1 saturated heterocycles. The van der Waals surface area contributed by atoms with E-state index >= 15 is 0 Å². The molecule has 5 rings (SSSR count). The zero-order valence-electron chi connectivity index (χ0n) is 15.9. The maximum absolute atomic E-state index is 4.29. The molecule has 27 heavy (non-hydrogen) atoms. The summed E-state index contributed by atoms with van der Waals surface area (Å²) in [6.07, 6.45) is 8.56. The third-order valence-electron chi connectivity index (χ3n) is 6.61. The molecule has 0 bridgehead atoms. The van der Waals surface area contributed by atoms with Crippen LogP contribution in [0.25, 0.3) is 11.1 Å². The summed E-state index contributed by atoms with van der Waals surface area (Å²) in [5.74, 6) is 0. The number of hydrogen-bond acceptors (Lipinski definition) is 2. The molecule has 3 aromatic rings. The summed E-state index contributed by atoms with van der Waals surface area (Å²) in [6.45, 7) is 3.29. The number of hydrogen-bond donors (Lipinski definition) is 1. The molecule has 1 N–H and O–H groups in total. The van der Waals surface area contributed by atoms with Gasteiger partial charge in [0.15, 0.2) is 0 Å². The van der Waals surface area contributed by atoms with Crippen LogP contribution in [0.5, 0.6) is 0 Å². The molecule has 0 radical (unpaired) electrons. The van der Waals surface area contributed by atoms with Crippen molar-refractivity contribution < 1.29 is 0 Å². The Morgan fingerprint density at radius 2 is 1.96 bits per heavy atom. The van der Waals surface area contributed by atoms with Crippen molar-refractivity contribution >= 4 is 0 Å². The van der Waals surface area contributed by atoms with Crippen LogP contribution in [0, 0.1) is 6.92 Å². The summed E-state index contributed by atoms with van der Waals surface area (Å²) in [5.41, 5.74) is 8.62. The Morgan fingerprint density at radius 3 is 2.78 bits per heavy atom. The van der Waals surface area contributed by atoms with Crippen molar-refractivity contribution in [2.75, 3.05) is 6.54 Å². The second-order valence-corrected chi connectivity index (χ2v) is 8.23. The maximum atomic E-state index is 4.29. The van der Waals surface area contributed by atoms with Gasteiger partial charge in [-0.15, -0.1) is 0 Å². The molecule has 2 atom stereocenters. The molecule has 2 heteroatoms. The van der Waals surface area contributed by atoms with E-state index < -0.39 is 0 Å². The smallest absolute Gasteiger partial charge is 0.0346 e. The van der Waals surface area contributed by atoms with Crippen LogP contribution < -0.4 is 5.32 Å². The molecule has 2 heterocycles. The molecule has 1 aliphatic heterocycles. The topological polar surface area (TPSA) is 24.9 Å². The number of nitrogens with zero attached hydrogens (tertiary/aromatic N) is 1. The largest absolute Gasteiger partial charge is 0.313 e. The number of fused-ring (bicyclic) bond motifs is 3. The monoisotopic (exact) mass is 354 g/mol. The summed E-state index contributed by atoms with van der Waals surface area (Å²) < 4.78 is 0. The van der Waals surface area contributed by atoms with Crippen molar-refractivity contribution in [3.63, 3.8) is 0 Å². The van der Waals surface area contributed by atoms with Crippen LogP contribution in [0.4, 0.5) is 0 Å². The van der Waals surface area contributed by atoms with Gasteiger partial charge in [0.05, 0.1) is 0 Å². The Bertz CT molecular complexity index is 946. The normalized spacial score (nSPS) is 23.7. The van der Waals surface area contributed by atoms with E-state index in [0.29, 0.717) is 6.04 Å². The second kappa shape index (κ2) is 6.61. The van der Waals surface area contributed by atoms with Gasteiger partial charge in [0, 0.05) is 23.9 Å². The summed E-state index contributed by atoms with van der Waals surface area (Å²) in [5, 5.41) is 3.81. The number of rotatable bonds is 3. The van der Waals surface area contributed by atoms with Gasteiger partial charge in [0.1, 0.15) is 0 Å². The van der Waals surface area contributed by atoms with E-state index in [4.69, 9.17) is 0 Å². The van der Waals surface area contributed by atoms with E-state index in [-0.39, 0.29) is 5.41 Å². The Hall–Kier alpha value is -2.45. The molecule has 0 saturated carbocycles. The van der Waals surface area contributed by atoms with E-state index in [1.54, 1.807) is 5.56 Å². The highest BCUT2D eigenvalue weighted by Crippen LogP contribution is 2.46. The van der Waals surface area contributed by atoms with Crippen molar-refractivity contribution in [2.24, 2.45) is 0 Å². The Labute approximate surface area is 161 Å². The molecule has 1 aliphatic carbocycles. The highest BCUT2D eigenvalue weighted by Gasteiger charge is 2.47. The van der Waals surface area contributed by atoms with Crippen LogP contribution >= 0.6 is 0 Å². The van der Waals surface area contributed by atoms with Crippen molar-refractivity contribution in [1.82, 2.24) is 10.3 Å². The van der Waals surface area contributed by atoms with Crippen molar-refractivity contribution in [3.05, 3.63) is 89.2 Å². The first-order valence-electron chi connectivity index (χ1n) is 10.1. The third kappa shape index (κ3) is 2.89. The fourth-order valence-corrected chi connectivity index (χ4v) is 5.22. The molecule has 2 aromatic carbocycles. The van der Waals surface area contributed by atoms with Gasteiger partial charge in [0.2, 0.25) is 0 Å². The minimum atomic E-state index is 0.232. The van der Waals surface area contributed by atoms with Gasteiger partial charge in [-0.2, -0.15) is 0 Å². The molecular formula is C25H26N2. The lowest BCUT2D eigenvalue weighted by Gasteiger charge is -2.41. The molecule has 2 unspecified atom stereocenters. The minimum Gasteiger partial charge on any atom is -0.313 e. The Kier molecular flexibility index (Phi) is 4.09. The first-order valence-corrected chi connectivity index (χ1v) is 10.1. The van der Waals surface area contributed by atoms with Crippen molar-refractivity contribution in [3.8, 4) is 11.1 Å².